The number of ether oxygens (including phenoxy) is 1. The average molecular weight is 361 g/mol. The molecule has 0 unspecified atom stereocenters. The molecule has 114 valence electrons. The maximum Gasteiger partial charge on any atom is 0.244 e. The molecule has 0 radical (unpaired) electrons. The Morgan fingerprint density at radius 3 is 2.36 bits per heavy atom. The highest BCUT2D eigenvalue weighted by atomic mass is 79.9. The van der Waals surface area contributed by atoms with Crippen LogP contribution in [0.25, 0.3) is 0 Å². The summed E-state index contributed by atoms with van der Waals surface area (Å²) >= 11 is 3.39. The maximum atomic E-state index is 11.9. The molecule has 2 rings (SSSR count). The van der Waals surface area contributed by atoms with Crippen molar-refractivity contribution in [3.63, 3.8) is 0 Å². The van der Waals surface area contributed by atoms with E-state index in [-0.39, 0.29) is 12.3 Å². The Morgan fingerprint density at radius 1 is 1.14 bits per heavy atom. The van der Waals surface area contributed by atoms with Crippen LogP contribution >= 0.6 is 15.9 Å². The summed E-state index contributed by atoms with van der Waals surface area (Å²) in [5, 5.41) is 4.13. The zero-order chi connectivity index (χ0) is 15.9. The quantitative estimate of drug-likeness (QED) is 0.654. The molecule has 0 aromatic heterocycles. The first-order valence-electron chi connectivity index (χ1n) is 6.80. The summed E-state index contributed by atoms with van der Waals surface area (Å²) in [5.41, 5.74) is 5.22. The molecule has 1 amide bonds. The van der Waals surface area contributed by atoms with Crippen LogP contribution in [0.3, 0.4) is 0 Å². The monoisotopic (exact) mass is 360 g/mol. The van der Waals surface area contributed by atoms with Gasteiger partial charge in [-0.2, -0.15) is 5.10 Å². The molecule has 0 fully saturated rings. The molecule has 0 spiro atoms. The van der Waals surface area contributed by atoms with Gasteiger partial charge in [-0.25, -0.2) is 5.43 Å². The Kier molecular flexibility index (Phi) is 5.72. The zero-order valence-electron chi connectivity index (χ0n) is 12.5. The predicted molar refractivity (Wildman–Crippen MR) is 91.2 cm³/mol. The maximum absolute atomic E-state index is 11.9. The number of benzene rings is 2. The molecule has 0 saturated carbocycles. The van der Waals surface area contributed by atoms with Crippen LogP contribution in [0.1, 0.15) is 18.1 Å². The van der Waals surface area contributed by atoms with Gasteiger partial charge in [0.05, 0.1) is 19.2 Å². The van der Waals surface area contributed by atoms with Crippen LogP contribution in [0.2, 0.25) is 0 Å². The van der Waals surface area contributed by atoms with Crippen LogP contribution in [0.4, 0.5) is 0 Å². The molecule has 4 nitrogen and oxygen atoms in total. The molecule has 0 bridgehead atoms. The second-order valence-corrected chi connectivity index (χ2v) is 5.68. The summed E-state index contributed by atoms with van der Waals surface area (Å²) < 4.78 is 6.09. The summed E-state index contributed by atoms with van der Waals surface area (Å²) in [4.78, 5) is 11.9. The van der Waals surface area contributed by atoms with Gasteiger partial charge in [-0.15, -0.1) is 0 Å². The molecule has 2 aromatic rings. The summed E-state index contributed by atoms with van der Waals surface area (Å²) in [5.74, 6) is 0.620. The molecule has 0 atom stereocenters. The van der Waals surface area contributed by atoms with Crippen molar-refractivity contribution < 1.29 is 9.53 Å². The summed E-state index contributed by atoms with van der Waals surface area (Å²) in [6.07, 6.45) is 0.279. The van der Waals surface area contributed by atoms with Crippen molar-refractivity contribution in [2.24, 2.45) is 5.10 Å². The average Bonchev–Trinajstić information content (AvgIpc) is 2.54. The van der Waals surface area contributed by atoms with Crippen molar-refractivity contribution >= 4 is 27.5 Å². The highest BCUT2D eigenvalue weighted by Crippen LogP contribution is 2.12. The van der Waals surface area contributed by atoms with Crippen molar-refractivity contribution in [3.8, 4) is 5.75 Å². The van der Waals surface area contributed by atoms with E-state index in [0.717, 1.165) is 27.1 Å². The van der Waals surface area contributed by atoms with Gasteiger partial charge in [-0.05, 0) is 42.3 Å². The van der Waals surface area contributed by atoms with E-state index in [9.17, 15) is 4.79 Å². The number of carbonyl (C=O) groups is 1. The number of amides is 1. The number of nitrogens with one attached hydrogen (secondary N) is 1. The molecule has 0 aliphatic carbocycles. The Balaban J connectivity index is 1.93. The lowest BCUT2D eigenvalue weighted by molar-refractivity contribution is -0.120. The molecular weight excluding hydrogens is 344 g/mol. The fourth-order valence-corrected chi connectivity index (χ4v) is 2.13. The first-order valence-corrected chi connectivity index (χ1v) is 7.60. The number of carbonyl (C=O) groups excluding carboxylic acids is 1. The Labute approximate surface area is 138 Å². The standard InChI is InChI=1S/C17H17BrN2O2/c1-12(14-5-7-15(18)8-6-14)19-20-17(21)11-13-3-9-16(22-2)10-4-13/h3-10H,11H2,1-2H3,(H,20,21). The van der Waals surface area contributed by atoms with E-state index >= 15 is 0 Å². The number of hydrazone groups is 1. The highest BCUT2D eigenvalue weighted by Gasteiger charge is 2.04. The fraction of sp³-hybridized carbons (Fsp3) is 0.176. The third kappa shape index (κ3) is 4.70. The second-order valence-electron chi connectivity index (χ2n) is 4.76. The van der Waals surface area contributed by atoms with Crippen LogP contribution in [0, 0.1) is 0 Å². The third-order valence-electron chi connectivity index (χ3n) is 3.13. The van der Waals surface area contributed by atoms with E-state index in [0.29, 0.717) is 0 Å². The van der Waals surface area contributed by atoms with Gasteiger partial charge < -0.3 is 4.74 Å². The minimum absolute atomic E-state index is 0.151. The lowest BCUT2D eigenvalue weighted by Crippen LogP contribution is -2.21. The Morgan fingerprint density at radius 2 is 1.77 bits per heavy atom. The second kappa shape index (κ2) is 7.75. The van der Waals surface area contributed by atoms with Crippen molar-refractivity contribution in [1.29, 1.82) is 0 Å². The molecule has 1 N–H and O–H groups in total. The Bertz CT molecular complexity index is 664. The van der Waals surface area contributed by atoms with Gasteiger partial charge >= 0.3 is 0 Å². The van der Waals surface area contributed by atoms with Gasteiger partial charge in [-0.1, -0.05) is 40.2 Å². The van der Waals surface area contributed by atoms with E-state index in [1.54, 1.807) is 7.11 Å². The van der Waals surface area contributed by atoms with Gasteiger partial charge in [0.1, 0.15) is 5.75 Å². The summed E-state index contributed by atoms with van der Waals surface area (Å²) in [6, 6.07) is 15.2. The normalized spacial score (nSPS) is 11.1. The first kappa shape index (κ1) is 16.2. The van der Waals surface area contributed by atoms with E-state index in [4.69, 9.17) is 4.74 Å². The molecule has 0 heterocycles. The molecule has 2 aromatic carbocycles. The lowest BCUT2D eigenvalue weighted by Gasteiger charge is -2.04. The lowest BCUT2D eigenvalue weighted by atomic mass is 10.1. The molecule has 5 heteroatoms. The van der Waals surface area contributed by atoms with Crippen molar-refractivity contribution in [1.82, 2.24) is 5.43 Å². The molecule has 0 aliphatic heterocycles. The van der Waals surface area contributed by atoms with E-state index in [1.807, 2.05) is 55.5 Å². The van der Waals surface area contributed by atoms with E-state index in [1.165, 1.54) is 0 Å². The SMILES string of the molecule is COc1ccc(CC(=O)NN=C(C)c2ccc(Br)cc2)cc1. The molecule has 22 heavy (non-hydrogen) atoms. The van der Waals surface area contributed by atoms with Gasteiger partial charge in [0.25, 0.3) is 0 Å². The van der Waals surface area contributed by atoms with Crippen LogP contribution in [0.5, 0.6) is 5.75 Å². The number of nitrogens with zero attached hydrogens (tertiary/aromatic N) is 1. The summed E-state index contributed by atoms with van der Waals surface area (Å²) in [6.45, 7) is 1.86. The van der Waals surface area contributed by atoms with Gasteiger partial charge in [0, 0.05) is 4.47 Å². The molecule has 0 aliphatic rings. The van der Waals surface area contributed by atoms with E-state index < -0.39 is 0 Å². The third-order valence-corrected chi connectivity index (χ3v) is 3.66. The number of hydrogen-bond donors (Lipinski definition) is 1. The largest absolute Gasteiger partial charge is 0.497 e. The smallest absolute Gasteiger partial charge is 0.244 e. The minimum atomic E-state index is -0.151. The predicted octanol–water partition coefficient (Wildman–Crippen LogP) is 3.54. The fourth-order valence-electron chi connectivity index (χ4n) is 1.87. The van der Waals surface area contributed by atoms with Crippen LogP contribution in [0.15, 0.2) is 58.1 Å². The topological polar surface area (TPSA) is 50.7 Å². The highest BCUT2D eigenvalue weighted by molar-refractivity contribution is 9.10. The van der Waals surface area contributed by atoms with Crippen molar-refractivity contribution in [2.75, 3.05) is 7.11 Å². The number of halogens is 1. The number of hydrogen-bond acceptors (Lipinski definition) is 3. The number of rotatable bonds is 5. The van der Waals surface area contributed by atoms with E-state index in [2.05, 4.69) is 26.5 Å². The van der Waals surface area contributed by atoms with Crippen LogP contribution in [-0.4, -0.2) is 18.7 Å². The zero-order valence-corrected chi connectivity index (χ0v) is 14.1. The van der Waals surface area contributed by atoms with Gasteiger partial charge in [-0.3, -0.25) is 4.79 Å². The van der Waals surface area contributed by atoms with Crippen LogP contribution < -0.4 is 10.2 Å². The molecular formula is C17H17BrN2O2. The van der Waals surface area contributed by atoms with Crippen molar-refractivity contribution in [2.45, 2.75) is 13.3 Å². The van der Waals surface area contributed by atoms with Crippen LogP contribution in [-0.2, 0) is 11.2 Å². The number of methoxy groups -OCH3 is 1. The van der Waals surface area contributed by atoms with Gasteiger partial charge in [0.2, 0.25) is 5.91 Å². The first-order chi connectivity index (χ1) is 10.6. The van der Waals surface area contributed by atoms with Crippen molar-refractivity contribution in [3.05, 3.63) is 64.1 Å². The van der Waals surface area contributed by atoms with Gasteiger partial charge in [0.15, 0.2) is 0 Å². The molecule has 0 saturated heterocycles. The summed E-state index contributed by atoms with van der Waals surface area (Å²) in [7, 11) is 1.61. The minimum Gasteiger partial charge on any atom is -0.497 e. The Hall–Kier alpha value is -2.14.